The summed E-state index contributed by atoms with van der Waals surface area (Å²) in [6.07, 6.45) is 0. The zero-order chi connectivity index (χ0) is 11.8. The van der Waals surface area contributed by atoms with E-state index in [1.807, 2.05) is 33.8 Å². The van der Waals surface area contributed by atoms with E-state index in [4.69, 9.17) is 4.55 Å². The van der Waals surface area contributed by atoms with Crippen molar-refractivity contribution in [2.75, 3.05) is 4.72 Å². The standard InChI is InChI=1S/C10H15NO3S/c1-6-5-7(2)9(4)10(8(6)3)11-15(12,13)14/h5,11H,1-4H3,(H,12,13,14). The van der Waals surface area contributed by atoms with Crippen LogP contribution >= 0.6 is 0 Å². The van der Waals surface area contributed by atoms with Crippen LogP contribution in [0.15, 0.2) is 6.07 Å². The Morgan fingerprint density at radius 2 is 1.47 bits per heavy atom. The minimum Gasteiger partial charge on any atom is -0.269 e. The van der Waals surface area contributed by atoms with Crippen LogP contribution in [0.3, 0.4) is 0 Å². The number of hydrogen-bond donors (Lipinski definition) is 2. The van der Waals surface area contributed by atoms with E-state index >= 15 is 0 Å². The molecule has 0 saturated heterocycles. The van der Waals surface area contributed by atoms with Gasteiger partial charge in [-0.2, -0.15) is 8.42 Å². The predicted molar refractivity (Wildman–Crippen MR) is 60.6 cm³/mol. The molecule has 1 aromatic carbocycles. The maximum Gasteiger partial charge on any atom is 0.357 e. The molecule has 84 valence electrons. The second kappa shape index (κ2) is 3.83. The molecule has 0 aromatic heterocycles. The summed E-state index contributed by atoms with van der Waals surface area (Å²) in [7, 11) is -4.21. The van der Waals surface area contributed by atoms with E-state index in [9.17, 15) is 8.42 Å². The predicted octanol–water partition coefficient (Wildman–Crippen LogP) is 2.13. The lowest BCUT2D eigenvalue weighted by Crippen LogP contribution is -2.13. The Bertz CT molecular complexity index is 466. The molecule has 0 unspecified atom stereocenters. The molecule has 0 aliphatic rings. The second-order valence-electron chi connectivity index (χ2n) is 3.71. The molecule has 2 N–H and O–H groups in total. The highest BCUT2D eigenvalue weighted by molar-refractivity contribution is 7.87. The van der Waals surface area contributed by atoms with Crippen LogP contribution in [-0.4, -0.2) is 13.0 Å². The van der Waals surface area contributed by atoms with E-state index < -0.39 is 10.3 Å². The Balaban J connectivity index is 3.40. The lowest BCUT2D eigenvalue weighted by molar-refractivity contribution is 0.489. The van der Waals surface area contributed by atoms with Crippen LogP contribution in [-0.2, 0) is 10.3 Å². The van der Waals surface area contributed by atoms with Crippen molar-refractivity contribution in [3.63, 3.8) is 0 Å². The first-order chi connectivity index (χ1) is 6.72. The largest absolute Gasteiger partial charge is 0.357 e. The van der Waals surface area contributed by atoms with Crippen LogP contribution in [0.25, 0.3) is 0 Å². The summed E-state index contributed by atoms with van der Waals surface area (Å²) in [5.41, 5.74) is 4.11. The molecule has 0 saturated carbocycles. The van der Waals surface area contributed by atoms with Gasteiger partial charge in [-0.3, -0.25) is 9.27 Å². The monoisotopic (exact) mass is 229 g/mol. The van der Waals surface area contributed by atoms with Crippen LogP contribution in [0.4, 0.5) is 5.69 Å². The number of nitrogens with one attached hydrogen (secondary N) is 1. The molecule has 0 fully saturated rings. The van der Waals surface area contributed by atoms with Crippen molar-refractivity contribution in [3.8, 4) is 0 Å². The Morgan fingerprint density at radius 1 is 1.07 bits per heavy atom. The Labute approximate surface area is 90.2 Å². The zero-order valence-electron chi connectivity index (χ0n) is 9.25. The molecule has 0 aliphatic heterocycles. The molecule has 0 aliphatic carbocycles. The quantitative estimate of drug-likeness (QED) is 0.763. The summed E-state index contributed by atoms with van der Waals surface area (Å²) in [4.78, 5) is 0. The number of rotatable bonds is 2. The van der Waals surface area contributed by atoms with Gasteiger partial charge in [-0.15, -0.1) is 0 Å². The third-order valence-electron chi connectivity index (χ3n) is 2.60. The van der Waals surface area contributed by atoms with Crippen molar-refractivity contribution in [1.82, 2.24) is 0 Å². The molecule has 0 radical (unpaired) electrons. The minimum absolute atomic E-state index is 0.468. The van der Waals surface area contributed by atoms with Crippen LogP contribution in [0.2, 0.25) is 0 Å². The lowest BCUT2D eigenvalue weighted by Gasteiger charge is -2.14. The van der Waals surface area contributed by atoms with Gasteiger partial charge in [-0.05, 0) is 49.9 Å². The fourth-order valence-corrected chi connectivity index (χ4v) is 2.06. The van der Waals surface area contributed by atoms with Gasteiger partial charge in [-0.25, -0.2) is 0 Å². The second-order valence-corrected chi connectivity index (χ2v) is 4.87. The maximum atomic E-state index is 10.8. The summed E-state index contributed by atoms with van der Waals surface area (Å²) in [6, 6.07) is 1.99. The molecule has 15 heavy (non-hydrogen) atoms. The molecule has 0 atom stereocenters. The van der Waals surface area contributed by atoms with Crippen LogP contribution in [0.1, 0.15) is 22.3 Å². The zero-order valence-corrected chi connectivity index (χ0v) is 10.1. The molecule has 1 rings (SSSR count). The van der Waals surface area contributed by atoms with E-state index in [1.54, 1.807) is 0 Å². The smallest absolute Gasteiger partial charge is 0.269 e. The molecule has 0 heterocycles. The highest BCUT2D eigenvalue weighted by atomic mass is 32.2. The van der Waals surface area contributed by atoms with Crippen molar-refractivity contribution in [2.45, 2.75) is 27.7 Å². The van der Waals surface area contributed by atoms with Crippen molar-refractivity contribution in [3.05, 3.63) is 28.3 Å². The SMILES string of the molecule is Cc1cc(C)c(C)c(NS(=O)(=O)O)c1C. The average Bonchev–Trinajstić information content (AvgIpc) is 2.08. The summed E-state index contributed by atoms with van der Waals surface area (Å²) in [6.45, 7) is 7.43. The summed E-state index contributed by atoms with van der Waals surface area (Å²) in [5.74, 6) is 0. The van der Waals surface area contributed by atoms with Gasteiger partial charge in [0, 0.05) is 0 Å². The van der Waals surface area contributed by atoms with Crippen molar-refractivity contribution >= 4 is 16.0 Å². The fraction of sp³-hybridized carbons (Fsp3) is 0.400. The third-order valence-corrected chi connectivity index (χ3v) is 3.06. The first kappa shape index (κ1) is 12.0. The van der Waals surface area contributed by atoms with E-state index in [1.165, 1.54) is 0 Å². The first-order valence-electron chi connectivity index (χ1n) is 4.55. The van der Waals surface area contributed by atoms with Gasteiger partial charge in [0.1, 0.15) is 0 Å². The normalized spacial score (nSPS) is 11.5. The molecule has 5 heteroatoms. The number of anilines is 1. The molecule has 0 amide bonds. The molecule has 1 aromatic rings. The Kier molecular flexibility index (Phi) is 3.06. The van der Waals surface area contributed by atoms with Gasteiger partial charge in [-0.1, -0.05) is 6.07 Å². The van der Waals surface area contributed by atoms with Gasteiger partial charge in [0.05, 0.1) is 5.69 Å². The number of aryl methyl sites for hydroxylation is 2. The summed E-state index contributed by atoms with van der Waals surface area (Å²) in [5, 5.41) is 0. The first-order valence-corrected chi connectivity index (χ1v) is 5.99. The Morgan fingerprint density at radius 3 is 1.80 bits per heavy atom. The van der Waals surface area contributed by atoms with Gasteiger partial charge in [0.2, 0.25) is 0 Å². The molecule has 4 nitrogen and oxygen atoms in total. The summed E-state index contributed by atoms with van der Waals surface area (Å²) < 4.78 is 32.4. The van der Waals surface area contributed by atoms with Gasteiger partial charge in [0.15, 0.2) is 0 Å². The molecule has 0 spiro atoms. The minimum atomic E-state index is -4.21. The average molecular weight is 229 g/mol. The highest BCUT2D eigenvalue weighted by Crippen LogP contribution is 2.26. The van der Waals surface area contributed by atoms with Crippen molar-refractivity contribution in [2.24, 2.45) is 0 Å². The van der Waals surface area contributed by atoms with E-state index in [2.05, 4.69) is 4.72 Å². The molecular formula is C10H15NO3S. The lowest BCUT2D eigenvalue weighted by atomic mass is 9.99. The highest BCUT2D eigenvalue weighted by Gasteiger charge is 2.12. The van der Waals surface area contributed by atoms with Gasteiger partial charge >= 0.3 is 10.3 Å². The van der Waals surface area contributed by atoms with Crippen molar-refractivity contribution in [1.29, 1.82) is 0 Å². The molecular weight excluding hydrogens is 214 g/mol. The van der Waals surface area contributed by atoms with Crippen molar-refractivity contribution < 1.29 is 13.0 Å². The Hall–Kier alpha value is -1.07. The van der Waals surface area contributed by atoms with E-state index in [-0.39, 0.29) is 0 Å². The van der Waals surface area contributed by atoms with E-state index in [0.717, 1.165) is 22.3 Å². The fourth-order valence-electron chi connectivity index (χ4n) is 1.50. The van der Waals surface area contributed by atoms with Gasteiger partial charge in [0.25, 0.3) is 0 Å². The summed E-state index contributed by atoms with van der Waals surface area (Å²) >= 11 is 0. The van der Waals surface area contributed by atoms with Crippen LogP contribution in [0.5, 0.6) is 0 Å². The number of hydrogen-bond acceptors (Lipinski definition) is 2. The van der Waals surface area contributed by atoms with E-state index in [0.29, 0.717) is 5.69 Å². The van der Waals surface area contributed by atoms with Crippen LogP contribution < -0.4 is 4.72 Å². The molecule has 0 bridgehead atoms. The topological polar surface area (TPSA) is 66.4 Å². The van der Waals surface area contributed by atoms with Gasteiger partial charge < -0.3 is 0 Å². The number of benzene rings is 1. The maximum absolute atomic E-state index is 10.8. The van der Waals surface area contributed by atoms with Crippen LogP contribution in [0, 0.1) is 27.7 Å². The third kappa shape index (κ3) is 2.70.